The smallest absolute Gasteiger partial charge is 0.266 e. The lowest BCUT2D eigenvalue weighted by Crippen LogP contribution is -2.30. The SMILES string of the molecule is COc1c([C@H]2CCCN2C(=O)c2sc(C)nc2C)c(C)nn1C. The van der Waals surface area contributed by atoms with Crippen LogP contribution in [-0.2, 0) is 7.05 Å². The molecule has 0 radical (unpaired) electrons. The van der Waals surface area contributed by atoms with E-state index < -0.39 is 0 Å². The Morgan fingerprint density at radius 2 is 2.04 bits per heavy atom. The first kappa shape index (κ1) is 16.0. The number of carbonyl (C=O) groups excluding carboxylic acids is 1. The Morgan fingerprint density at radius 1 is 1.30 bits per heavy atom. The molecule has 2 aromatic rings. The number of aryl methyl sites for hydroxylation is 4. The van der Waals surface area contributed by atoms with Crippen LogP contribution in [0.5, 0.6) is 5.88 Å². The summed E-state index contributed by atoms with van der Waals surface area (Å²) in [5.74, 6) is 0.810. The van der Waals surface area contributed by atoms with E-state index in [4.69, 9.17) is 4.74 Å². The normalized spacial score (nSPS) is 17.8. The van der Waals surface area contributed by atoms with Crippen LogP contribution in [0.3, 0.4) is 0 Å². The molecule has 0 N–H and O–H groups in total. The van der Waals surface area contributed by atoms with Gasteiger partial charge in [-0.2, -0.15) is 5.10 Å². The van der Waals surface area contributed by atoms with Crippen LogP contribution in [0.15, 0.2) is 0 Å². The summed E-state index contributed by atoms with van der Waals surface area (Å²) < 4.78 is 7.27. The first-order chi connectivity index (χ1) is 10.9. The third-order valence-corrected chi connectivity index (χ3v) is 5.41. The van der Waals surface area contributed by atoms with Gasteiger partial charge in [0.25, 0.3) is 5.91 Å². The number of likely N-dealkylation sites (tertiary alicyclic amines) is 1. The predicted molar refractivity (Wildman–Crippen MR) is 89.1 cm³/mol. The summed E-state index contributed by atoms with van der Waals surface area (Å²) >= 11 is 1.47. The van der Waals surface area contributed by atoms with Gasteiger partial charge >= 0.3 is 0 Å². The minimum atomic E-state index is 0.0213. The maximum Gasteiger partial charge on any atom is 0.266 e. The topological polar surface area (TPSA) is 60.2 Å². The van der Waals surface area contributed by atoms with Crippen LogP contribution >= 0.6 is 11.3 Å². The average molecular weight is 334 g/mol. The van der Waals surface area contributed by atoms with Gasteiger partial charge in [0.2, 0.25) is 5.88 Å². The number of methoxy groups -OCH3 is 1. The van der Waals surface area contributed by atoms with Gasteiger partial charge in [-0.25, -0.2) is 9.67 Å². The molecule has 7 heteroatoms. The van der Waals surface area contributed by atoms with E-state index in [1.165, 1.54) is 11.3 Å². The molecule has 0 bridgehead atoms. The number of hydrogen-bond acceptors (Lipinski definition) is 5. The zero-order chi connectivity index (χ0) is 16.7. The van der Waals surface area contributed by atoms with Crippen molar-refractivity contribution in [2.24, 2.45) is 7.05 Å². The maximum absolute atomic E-state index is 13.0. The van der Waals surface area contributed by atoms with Crippen molar-refractivity contribution < 1.29 is 9.53 Å². The molecule has 1 amide bonds. The molecule has 23 heavy (non-hydrogen) atoms. The van der Waals surface area contributed by atoms with Crippen molar-refractivity contribution in [1.29, 1.82) is 0 Å². The highest BCUT2D eigenvalue weighted by Gasteiger charge is 2.36. The lowest BCUT2D eigenvalue weighted by molar-refractivity contribution is 0.0737. The van der Waals surface area contributed by atoms with E-state index in [2.05, 4.69) is 10.1 Å². The lowest BCUT2D eigenvalue weighted by Gasteiger charge is -2.25. The molecule has 1 aliphatic heterocycles. The second kappa shape index (κ2) is 5.96. The van der Waals surface area contributed by atoms with Crippen LogP contribution in [0.1, 0.15) is 50.5 Å². The van der Waals surface area contributed by atoms with E-state index in [9.17, 15) is 4.79 Å². The molecule has 6 nitrogen and oxygen atoms in total. The van der Waals surface area contributed by atoms with Crippen molar-refractivity contribution in [2.45, 2.75) is 39.7 Å². The number of nitrogens with zero attached hydrogens (tertiary/aromatic N) is 4. The molecule has 0 unspecified atom stereocenters. The Bertz CT molecular complexity index is 750. The average Bonchev–Trinajstić information content (AvgIpc) is 3.15. The van der Waals surface area contributed by atoms with Crippen molar-refractivity contribution in [3.05, 3.63) is 26.8 Å². The summed E-state index contributed by atoms with van der Waals surface area (Å²) in [7, 11) is 3.52. The van der Waals surface area contributed by atoms with Crippen molar-refractivity contribution in [2.75, 3.05) is 13.7 Å². The summed E-state index contributed by atoms with van der Waals surface area (Å²) in [5.41, 5.74) is 2.77. The summed E-state index contributed by atoms with van der Waals surface area (Å²) in [4.78, 5) is 20.1. The molecule has 3 rings (SSSR count). The first-order valence-corrected chi connectivity index (χ1v) is 8.58. The van der Waals surface area contributed by atoms with Crippen LogP contribution in [0, 0.1) is 20.8 Å². The highest BCUT2D eigenvalue weighted by molar-refractivity contribution is 7.13. The molecule has 1 fully saturated rings. The van der Waals surface area contributed by atoms with E-state index in [1.54, 1.807) is 11.8 Å². The van der Waals surface area contributed by atoms with Gasteiger partial charge in [-0.15, -0.1) is 11.3 Å². The summed E-state index contributed by atoms with van der Waals surface area (Å²) in [5, 5.41) is 5.39. The van der Waals surface area contributed by atoms with Crippen LogP contribution in [0.25, 0.3) is 0 Å². The molecule has 0 spiro atoms. The molecule has 124 valence electrons. The van der Waals surface area contributed by atoms with E-state index in [1.807, 2.05) is 32.7 Å². The highest BCUT2D eigenvalue weighted by atomic mass is 32.1. The minimum Gasteiger partial charge on any atom is -0.481 e. The number of hydrogen-bond donors (Lipinski definition) is 0. The number of aromatic nitrogens is 3. The third kappa shape index (κ3) is 2.63. The van der Waals surface area contributed by atoms with Crippen LogP contribution in [0.2, 0.25) is 0 Å². The molecular formula is C16H22N4O2S. The largest absolute Gasteiger partial charge is 0.481 e. The Balaban J connectivity index is 1.98. The lowest BCUT2D eigenvalue weighted by atomic mass is 10.0. The van der Waals surface area contributed by atoms with Gasteiger partial charge in [-0.3, -0.25) is 4.79 Å². The minimum absolute atomic E-state index is 0.0213. The van der Waals surface area contributed by atoms with Crippen molar-refractivity contribution in [3.8, 4) is 5.88 Å². The van der Waals surface area contributed by atoms with Crippen molar-refractivity contribution in [3.63, 3.8) is 0 Å². The summed E-state index contributed by atoms with van der Waals surface area (Å²) in [6, 6.07) is 0.0213. The second-order valence-electron chi connectivity index (χ2n) is 5.94. The fourth-order valence-corrected chi connectivity index (χ4v) is 4.33. The van der Waals surface area contributed by atoms with Gasteiger partial charge < -0.3 is 9.64 Å². The van der Waals surface area contributed by atoms with E-state index in [-0.39, 0.29) is 11.9 Å². The highest BCUT2D eigenvalue weighted by Crippen LogP contribution is 2.40. The molecular weight excluding hydrogens is 312 g/mol. The van der Waals surface area contributed by atoms with Crippen molar-refractivity contribution in [1.82, 2.24) is 19.7 Å². The molecule has 1 saturated heterocycles. The number of carbonyl (C=O) groups is 1. The standard InChI is InChI=1S/C16H22N4O2S/c1-9-13(16(22-5)19(4)18-9)12-7-6-8-20(12)15(21)14-10(2)17-11(3)23-14/h12H,6-8H2,1-5H3/t12-/m1/s1. The zero-order valence-corrected chi connectivity index (χ0v) is 15.0. The number of rotatable bonds is 3. The Kier molecular flexibility index (Phi) is 4.14. The molecule has 0 aliphatic carbocycles. The summed E-state index contributed by atoms with van der Waals surface area (Å²) in [6.45, 7) is 6.57. The molecule has 1 aliphatic rings. The molecule has 0 aromatic carbocycles. The van der Waals surface area contributed by atoms with E-state index in [0.29, 0.717) is 0 Å². The van der Waals surface area contributed by atoms with Gasteiger partial charge in [0.05, 0.1) is 35.1 Å². The van der Waals surface area contributed by atoms with Gasteiger partial charge in [0.15, 0.2) is 0 Å². The third-order valence-electron chi connectivity index (χ3n) is 4.35. The monoisotopic (exact) mass is 334 g/mol. The van der Waals surface area contributed by atoms with Crippen LogP contribution in [-0.4, -0.2) is 39.2 Å². The van der Waals surface area contributed by atoms with Gasteiger partial charge in [-0.1, -0.05) is 0 Å². The fourth-order valence-electron chi connectivity index (χ4n) is 3.45. The molecule has 2 aromatic heterocycles. The molecule has 0 saturated carbocycles. The van der Waals surface area contributed by atoms with E-state index in [0.717, 1.165) is 52.1 Å². The molecule has 3 heterocycles. The van der Waals surface area contributed by atoms with Gasteiger partial charge in [0, 0.05) is 13.6 Å². The predicted octanol–water partition coefficient (Wildman–Crippen LogP) is 2.79. The zero-order valence-electron chi connectivity index (χ0n) is 14.2. The quantitative estimate of drug-likeness (QED) is 0.866. The molecule has 1 atom stereocenters. The van der Waals surface area contributed by atoms with Crippen molar-refractivity contribution >= 4 is 17.2 Å². The number of thiazole rings is 1. The number of ether oxygens (including phenoxy) is 1. The van der Waals surface area contributed by atoms with Gasteiger partial charge in [0.1, 0.15) is 4.88 Å². The Hall–Kier alpha value is -1.89. The fraction of sp³-hybridized carbons (Fsp3) is 0.562. The van der Waals surface area contributed by atoms with Gasteiger partial charge in [-0.05, 0) is 33.6 Å². The van der Waals surface area contributed by atoms with E-state index >= 15 is 0 Å². The second-order valence-corrected chi connectivity index (χ2v) is 7.14. The summed E-state index contributed by atoms with van der Waals surface area (Å²) in [6.07, 6.45) is 1.93. The first-order valence-electron chi connectivity index (χ1n) is 7.76. The maximum atomic E-state index is 13.0. The number of amides is 1. The Labute approximate surface area is 140 Å². The van der Waals surface area contributed by atoms with Crippen LogP contribution < -0.4 is 4.74 Å². The Morgan fingerprint density at radius 3 is 2.65 bits per heavy atom. The van der Waals surface area contributed by atoms with Crippen LogP contribution in [0.4, 0.5) is 0 Å².